The molecule has 0 radical (unpaired) electrons. The minimum Gasteiger partial charge on any atom is -0.366 e. The fourth-order valence-corrected chi connectivity index (χ4v) is 1.43. The van der Waals surface area contributed by atoms with E-state index in [9.17, 15) is 9.59 Å². The third kappa shape index (κ3) is 9.47. The zero-order valence-electron chi connectivity index (χ0n) is 12.9. The van der Waals surface area contributed by atoms with Crippen molar-refractivity contribution < 1.29 is 14.3 Å². The predicted molar refractivity (Wildman–Crippen MR) is 75.9 cm³/mol. The molecular weight excluding hydrogens is 244 g/mol. The third-order valence-corrected chi connectivity index (χ3v) is 2.38. The van der Waals surface area contributed by atoms with Crippen LogP contribution in [0.1, 0.15) is 47.5 Å². The van der Waals surface area contributed by atoms with E-state index in [4.69, 9.17) is 4.74 Å². The van der Waals surface area contributed by atoms with E-state index in [1.165, 1.54) is 0 Å². The van der Waals surface area contributed by atoms with Gasteiger partial charge in [-0.05, 0) is 33.6 Å². The number of amides is 2. The van der Waals surface area contributed by atoms with Crippen molar-refractivity contribution in [3.63, 3.8) is 0 Å². The Morgan fingerprint density at radius 2 is 1.79 bits per heavy atom. The average Bonchev–Trinajstić information content (AvgIpc) is 2.32. The Kier molecular flexibility index (Phi) is 8.39. The normalized spacial score (nSPS) is 11.2. The van der Waals surface area contributed by atoms with Crippen molar-refractivity contribution >= 4 is 11.8 Å². The topological polar surface area (TPSA) is 58.6 Å². The molecule has 5 heteroatoms. The fourth-order valence-electron chi connectivity index (χ4n) is 1.43. The second kappa shape index (κ2) is 8.91. The molecule has 0 aromatic carbocycles. The maximum Gasteiger partial charge on any atom is 0.249 e. The first-order chi connectivity index (χ1) is 8.80. The second-order valence-electron chi connectivity index (χ2n) is 5.57. The summed E-state index contributed by atoms with van der Waals surface area (Å²) in [4.78, 5) is 25.2. The third-order valence-electron chi connectivity index (χ3n) is 2.38. The molecule has 2 amide bonds. The number of rotatable bonds is 8. The van der Waals surface area contributed by atoms with E-state index < -0.39 is 0 Å². The van der Waals surface area contributed by atoms with Crippen molar-refractivity contribution in [1.29, 1.82) is 0 Å². The summed E-state index contributed by atoms with van der Waals surface area (Å²) in [5.41, 5.74) is -0.349. The Bertz CT molecular complexity index is 285. The smallest absolute Gasteiger partial charge is 0.249 e. The first kappa shape index (κ1) is 17.9. The van der Waals surface area contributed by atoms with Crippen LogP contribution in [0.15, 0.2) is 0 Å². The predicted octanol–water partition coefficient (Wildman–Crippen LogP) is 1.57. The molecule has 1 N–H and O–H groups in total. The van der Waals surface area contributed by atoms with E-state index in [0.29, 0.717) is 13.1 Å². The van der Waals surface area contributed by atoms with E-state index >= 15 is 0 Å². The standard InChI is InChI=1S/C14H28N2O3/c1-6-8-15-12(17)10-16(9-7-2)13(18)11-19-14(3,4)5/h6-11H2,1-5H3,(H,15,17). The van der Waals surface area contributed by atoms with Crippen molar-refractivity contribution in [2.45, 2.75) is 53.1 Å². The van der Waals surface area contributed by atoms with Crippen LogP contribution in [0.5, 0.6) is 0 Å². The Morgan fingerprint density at radius 1 is 1.16 bits per heavy atom. The highest BCUT2D eigenvalue weighted by molar-refractivity contribution is 5.85. The zero-order valence-corrected chi connectivity index (χ0v) is 12.9. The number of nitrogens with zero attached hydrogens (tertiary/aromatic N) is 1. The van der Waals surface area contributed by atoms with Crippen molar-refractivity contribution in [3.05, 3.63) is 0 Å². The van der Waals surface area contributed by atoms with Crippen LogP contribution in [0, 0.1) is 0 Å². The summed E-state index contributed by atoms with van der Waals surface area (Å²) in [7, 11) is 0. The molecule has 0 rings (SSSR count). The molecule has 0 saturated heterocycles. The highest BCUT2D eigenvalue weighted by atomic mass is 16.5. The minimum absolute atomic E-state index is 0.0184. The second-order valence-corrected chi connectivity index (χ2v) is 5.57. The summed E-state index contributed by atoms with van der Waals surface area (Å²) in [6, 6.07) is 0. The molecule has 0 bridgehead atoms. The Balaban J connectivity index is 4.29. The molecule has 0 spiro atoms. The minimum atomic E-state index is -0.349. The van der Waals surface area contributed by atoms with Crippen molar-refractivity contribution in [2.24, 2.45) is 0 Å². The molecule has 0 saturated carbocycles. The summed E-state index contributed by atoms with van der Waals surface area (Å²) < 4.78 is 5.46. The number of carbonyl (C=O) groups excluding carboxylic acids is 2. The molecule has 0 unspecified atom stereocenters. The van der Waals surface area contributed by atoms with Crippen LogP contribution in [0.25, 0.3) is 0 Å². The van der Waals surface area contributed by atoms with Gasteiger partial charge in [0, 0.05) is 13.1 Å². The molecule has 19 heavy (non-hydrogen) atoms. The van der Waals surface area contributed by atoms with Crippen molar-refractivity contribution in [2.75, 3.05) is 26.2 Å². The van der Waals surface area contributed by atoms with Crippen LogP contribution in [0.2, 0.25) is 0 Å². The lowest BCUT2D eigenvalue weighted by Crippen LogP contribution is -2.43. The Labute approximate surface area is 116 Å². The Morgan fingerprint density at radius 3 is 2.26 bits per heavy atom. The maximum absolute atomic E-state index is 12.0. The van der Waals surface area contributed by atoms with Gasteiger partial charge in [-0.15, -0.1) is 0 Å². The number of carbonyl (C=O) groups is 2. The van der Waals surface area contributed by atoms with Crippen LogP contribution < -0.4 is 5.32 Å². The van der Waals surface area contributed by atoms with Gasteiger partial charge in [-0.2, -0.15) is 0 Å². The average molecular weight is 272 g/mol. The quantitative estimate of drug-likeness (QED) is 0.729. The molecule has 0 aliphatic heterocycles. The molecule has 0 atom stereocenters. The SMILES string of the molecule is CCCNC(=O)CN(CCC)C(=O)COC(C)(C)C. The molecule has 0 aromatic heterocycles. The summed E-state index contributed by atoms with van der Waals surface area (Å²) in [6.45, 7) is 11.0. The lowest BCUT2D eigenvalue weighted by molar-refractivity contribution is -0.143. The van der Waals surface area contributed by atoms with Gasteiger partial charge in [-0.1, -0.05) is 13.8 Å². The maximum atomic E-state index is 12.0. The van der Waals surface area contributed by atoms with Gasteiger partial charge in [0.15, 0.2) is 0 Å². The van der Waals surface area contributed by atoms with Gasteiger partial charge in [-0.25, -0.2) is 0 Å². The number of hydrogen-bond donors (Lipinski definition) is 1. The van der Waals surface area contributed by atoms with Gasteiger partial charge in [-0.3, -0.25) is 9.59 Å². The fraction of sp³-hybridized carbons (Fsp3) is 0.857. The van der Waals surface area contributed by atoms with E-state index in [1.54, 1.807) is 4.90 Å². The monoisotopic (exact) mass is 272 g/mol. The van der Waals surface area contributed by atoms with Crippen molar-refractivity contribution in [1.82, 2.24) is 10.2 Å². The van der Waals surface area contributed by atoms with Gasteiger partial charge in [0.2, 0.25) is 11.8 Å². The molecule has 0 aliphatic carbocycles. The first-order valence-electron chi connectivity index (χ1n) is 6.98. The molecule has 0 aliphatic rings. The van der Waals surface area contributed by atoms with Gasteiger partial charge in [0.05, 0.1) is 12.1 Å². The van der Waals surface area contributed by atoms with Gasteiger partial charge in [0.1, 0.15) is 6.61 Å². The summed E-state index contributed by atoms with van der Waals surface area (Å²) in [5, 5.41) is 2.77. The molecule has 0 heterocycles. The van der Waals surface area contributed by atoms with Crippen LogP contribution in [-0.4, -0.2) is 48.6 Å². The first-order valence-corrected chi connectivity index (χ1v) is 6.98. The van der Waals surface area contributed by atoms with Crippen LogP contribution in [-0.2, 0) is 14.3 Å². The number of hydrogen-bond acceptors (Lipinski definition) is 3. The van der Waals surface area contributed by atoms with Crippen LogP contribution in [0.3, 0.4) is 0 Å². The molecule has 0 aromatic rings. The highest BCUT2D eigenvalue weighted by Crippen LogP contribution is 2.07. The van der Waals surface area contributed by atoms with Crippen LogP contribution in [0.4, 0.5) is 0 Å². The summed E-state index contributed by atoms with van der Waals surface area (Å²) in [5.74, 6) is -0.247. The lowest BCUT2D eigenvalue weighted by atomic mass is 10.2. The lowest BCUT2D eigenvalue weighted by Gasteiger charge is -2.24. The van der Waals surface area contributed by atoms with E-state index in [1.807, 2.05) is 34.6 Å². The van der Waals surface area contributed by atoms with Gasteiger partial charge >= 0.3 is 0 Å². The molecule has 5 nitrogen and oxygen atoms in total. The molecule has 112 valence electrons. The summed E-state index contributed by atoms with van der Waals surface area (Å²) >= 11 is 0. The van der Waals surface area contributed by atoms with Crippen molar-refractivity contribution in [3.8, 4) is 0 Å². The van der Waals surface area contributed by atoms with Gasteiger partial charge < -0.3 is 15.0 Å². The van der Waals surface area contributed by atoms with E-state index in [-0.39, 0.29) is 30.6 Å². The number of ether oxygens (including phenoxy) is 1. The van der Waals surface area contributed by atoms with Gasteiger partial charge in [0.25, 0.3) is 0 Å². The summed E-state index contributed by atoms with van der Waals surface area (Å²) in [6.07, 6.45) is 1.71. The zero-order chi connectivity index (χ0) is 14.9. The largest absolute Gasteiger partial charge is 0.366 e. The molecule has 0 fully saturated rings. The van der Waals surface area contributed by atoms with E-state index in [0.717, 1.165) is 12.8 Å². The highest BCUT2D eigenvalue weighted by Gasteiger charge is 2.19. The Hall–Kier alpha value is -1.10. The van der Waals surface area contributed by atoms with Crippen LogP contribution >= 0.6 is 0 Å². The molecular formula is C14H28N2O3. The number of nitrogens with one attached hydrogen (secondary N) is 1. The van der Waals surface area contributed by atoms with E-state index in [2.05, 4.69) is 5.32 Å².